The van der Waals surface area contributed by atoms with Gasteiger partial charge >= 0.3 is 0 Å². The summed E-state index contributed by atoms with van der Waals surface area (Å²) in [6.07, 6.45) is 3.48. The number of nitrogens with one attached hydrogen (secondary N) is 2. The number of rotatable bonds is 8. The van der Waals surface area contributed by atoms with Crippen LogP contribution in [-0.2, 0) is 9.84 Å². The lowest BCUT2D eigenvalue weighted by atomic mass is 10.3. The van der Waals surface area contributed by atoms with Crippen LogP contribution in [0.1, 0.15) is 12.8 Å². The Morgan fingerprint density at radius 3 is 2.68 bits per heavy atom. The number of hydrogen-bond acceptors (Lipinski definition) is 4. The second-order valence-electron chi connectivity index (χ2n) is 5.37. The second-order valence-corrected chi connectivity index (χ2v) is 7.63. The summed E-state index contributed by atoms with van der Waals surface area (Å²) in [5, 5.41) is 6.43. The van der Waals surface area contributed by atoms with Crippen LogP contribution in [0.15, 0.2) is 35.3 Å². The van der Waals surface area contributed by atoms with Crippen molar-refractivity contribution in [1.29, 1.82) is 0 Å². The van der Waals surface area contributed by atoms with Crippen molar-refractivity contribution in [3.63, 3.8) is 0 Å². The van der Waals surface area contributed by atoms with Gasteiger partial charge in [-0.1, -0.05) is 18.2 Å². The Morgan fingerprint density at radius 1 is 1.32 bits per heavy atom. The van der Waals surface area contributed by atoms with E-state index in [4.69, 9.17) is 4.74 Å². The van der Waals surface area contributed by atoms with Crippen molar-refractivity contribution in [2.45, 2.75) is 18.9 Å². The fourth-order valence-electron chi connectivity index (χ4n) is 1.75. The minimum atomic E-state index is -2.98. The molecular formula is C15H23N3O3S. The third kappa shape index (κ3) is 7.31. The highest BCUT2D eigenvalue weighted by Crippen LogP contribution is 2.18. The number of hydrogen-bond donors (Lipinski definition) is 2. The van der Waals surface area contributed by atoms with Crippen LogP contribution in [-0.4, -0.2) is 52.1 Å². The van der Waals surface area contributed by atoms with E-state index >= 15 is 0 Å². The first-order valence-electron chi connectivity index (χ1n) is 7.43. The summed E-state index contributed by atoms with van der Waals surface area (Å²) < 4.78 is 27.9. The maximum Gasteiger partial charge on any atom is 0.191 e. The average molecular weight is 325 g/mol. The SMILES string of the molecule is CS(=O)(=O)CCN=C(NCCOc1ccccc1)NC1CC1. The Labute approximate surface area is 131 Å². The van der Waals surface area contributed by atoms with Gasteiger partial charge in [0.2, 0.25) is 0 Å². The Bertz CT molecular complexity index is 583. The van der Waals surface area contributed by atoms with E-state index in [0.29, 0.717) is 25.2 Å². The summed E-state index contributed by atoms with van der Waals surface area (Å²) in [4.78, 5) is 4.29. The second kappa shape index (κ2) is 8.03. The van der Waals surface area contributed by atoms with Crippen molar-refractivity contribution in [3.8, 4) is 5.75 Å². The molecule has 1 aliphatic rings. The van der Waals surface area contributed by atoms with E-state index in [-0.39, 0.29) is 12.3 Å². The first-order chi connectivity index (χ1) is 10.5. The minimum absolute atomic E-state index is 0.0606. The summed E-state index contributed by atoms with van der Waals surface area (Å²) in [6, 6.07) is 10.1. The van der Waals surface area contributed by atoms with E-state index < -0.39 is 9.84 Å². The topological polar surface area (TPSA) is 79.8 Å². The smallest absolute Gasteiger partial charge is 0.191 e. The van der Waals surface area contributed by atoms with Crippen LogP contribution in [0.4, 0.5) is 0 Å². The molecule has 0 amide bonds. The maximum absolute atomic E-state index is 11.1. The number of guanidine groups is 1. The molecule has 1 saturated carbocycles. The quantitative estimate of drug-likeness (QED) is 0.420. The van der Waals surface area contributed by atoms with Gasteiger partial charge in [0.25, 0.3) is 0 Å². The van der Waals surface area contributed by atoms with Crippen molar-refractivity contribution < 1.29 is 13.2 Å². The zero-order valence-corrected chi connectivity index (χ0v) is 13.6. The molecule has 6 nitrogen and oxygen atoms in total. The van der Waals surface area contributed by atoms with E-state index in [2.05, 4.69) is 15.6 Å². The van der Waals surface area contributed by atoms with Crippen molar-refractivity contribution >= 4 is 15.8 Å². The fourth-order valence-corrected chi connectivity index (χ4v) is 2.17. The van der Waals surface area contributed by atoms with Crippen LogP contribution in [0.25, 0.3) is 0 Å². The number of aliphatic imine (C=N–C) groups is 1. The third-order valence-corrected chi connectivity index (χ3v) is 3.98. The van der Waals surface area contributed by atoms with Gasteiger partial charge in [-0.15, -0.1) is 0 Å². The lowest BCUT2D eigenvalue weighted by molar-refractivity contribution is 0.322. The van der Waals surface area contributed by atoms with Gasteiger partial charge in [0.15, 0.2) is 5.96 Å². The molecule has 22 heavy (non-hydrogen) atoms. The van der Waals surface area contributed by atoms with E-state index in [9.17, 15) is 8.42 Å². The molecule has 2 N–H and O–H groups in total. The number of ether oxygens (including phenoxy) is 1. The van der Waals surface area contributed by atoms with Crippen molar-refractivity contribution in [2.75, 3.05) is 31.7 Å². The molecule has 0 aliphatic heterocycles. The molecule has 0 bridgehead atoms. The monoisotopic (exact) mass is 325 g/mol. The van der Waals surface area contributed by atoms with Gasteiger partial charge in [-0.05, 0) is 25.0 Å². The number of para-hydroxylation sites is 1. The Morgan fingerprint density at radius 2 is 2.05 bits per heavy atom. The molecule has 0 spiro atoms. The molecule has 0 saturated heterocycles. The predicted molar refractivity (Wildman–Crippen MR) is 88.1 cm³/mol. The number of sulfone groups is 1. The zero-order valence-electron chi connectivity index (χ0n) is 12.8. The van der Waals surface area contributed by atoms with Crippen LogP contribution >= 0.6 is 0 Å². The van der Waals surface area contributed by atoms with Gasteiger partial charge in [-0.2, -0.15) is 0 Å². The normalized spacial score (nSPS) is 15.4. The number of benzene rings is 1. The van der Waals surface area contributed by atoms with Gasteiger partial charge in [0, 0.05) is 12.3 Å². The van der Waals surface area contributed by atoms with E-state index in [1.165, 1.54) is 6.26 Å². The molecule has 7 heteroatoms. The summed E-state index contributed by atoms with van der Waals surface area (Å²) in [6.45, 7) is 1.38. The molecular weight excluding hydrogens is 302 g/mol. The summed E-state index contributed by atoms with van der Waals surface area (Å²) in [5.74, 6) is 1.54. The molecule has 2 rings (SSSR count). The molecule has 1 aromatic carbocycles. The predicted octanol–water partition coefficient (Wildman–Crippen LogP) is 0.808. The zero-order chi connectivity index (χ0) is 15.8. The maximum atomic E-state index is 11.1. The van der Waals surface area contributed by atoms with Gasteiger partial charge in [0.05, 0.1) is 18.8 Å². The van der Waals surface area contributed by atoms with Gasteiger partial charge in [-0.25, -0.2) is 8.42 Å². The third-order valence-electron chi connectivity index (χ3n) is 3.06. The van der Waals surface area contributed by atoms with E-state index in [1.807, 2.05) is 30.3 Å². The van der Waals surface area contributed by atoms with Gasteiger partial charge in [0.1, 0.15) is 22.2 Å². The van der Waals surface area contributed by atoms with Crippen LogP contribution in [0.3, 0.4) is 0 Å². The lowest BCUT2D eigenvalue weighted by Gasteiger charge is -2.12. The highest BCUT2D eigenvalue weighted by molar-refractivity contribution is 7.90. The van der Waals surface area contributed by atoms with Crippen molar-refractivity contribution in [2.24, 2.45) is 4.99 Å². The fraction of sp³-hybridized carbons (Fsp3) is 0.533. The molecule has 0 aromatic heterocycles. The molecule has 1 fully saturated rings. The average Bonchev–Trinajstić information content (AvgIpc) is 3.27. The van der Waals surface area contributed by atoms with Crippen LogP contribution in [0.5, 0.6) is 5.75 Å². The Hall–Kier alpha value is -1.76. The molecule has 122 valence electrons. The van der Waals surface area contributed by atoms with Crippen LogP contribution < -0.4 is 15.4 Å². The lowest BCUT2D eigenvalue weighted by Crippen LogP contribution is -2.40. The van der Waals surface area contributed by atoms with E-state index in [1.54, 1.807) is 0 Å². The van der Waals surface area contributed by atoms with Gasteiger partial charge in [-0.3, -0.25) is 4.99 Å². The molecule has 1 aromatic rings. The highest BCUT2D eigenvalue weighted by atomic mass is 32.2. The van der Waals surface area contributed by atoms with E-state index in [0.717, 1.165) is 18.6 Å². The van der Waals surface area contributed by atoms with Crippen LogP contribution in [0.2, 0.25) is 0 Å². The molecule has 0 radical (unpaired) electrons. The van der Waals surface area contributed by atoms with Gasteiger partial charge < -0.3 is 15.4 Å². The standard InChI is InChI=1S/C15H23N3O3S/c1-22(19,20)12-10-17-15(18-13-7-8-13)16-9-11-21-14-5-3-2-4-6-14/h2-6,13H,7-12H2,1H3,(H2,16,17,18). The molecule has 1 aliphatic carbocycles. The Balaban J connectivity index is 1.73. The molecule has 0 heterocycles. The summed E-state index contributed by atoms with van der Waals surface area (Å²) in [5.41, 5.74) is 0. The largest absolute Gasteiger partial charge is 0.492 e. The molecule has 0 unspecified atom stereocenters. The number of nitrogens with zero attached hydrogens (tertiary/aromatic N) is 1. The first-order valence-corrected chi connectivity index (χ1v) is 9.49. The highest BCUT2D eigenvalue weighted by Gasteiger charge is 2.22. The Kier molecular flexibility index (Phi) is 6.06. The van der Waals surface area contributed by atoms with Crippen molar-refractivity contribution in [3.05, 3.63) is 30.3 Å². The summed E-state index contributed by atoms with van der Waals surface area (Å²) >= 11 is 0. The van der Waals surface area contributed by atoms with Crippen LogP contribution in [0, 0.1) is 0 Å². The van der Waals surface area contributed by atoms with Crippen molar-refractivity contribution in [1.82, 2.24) is 10.6 Å². The molecule has 0 atom stereocenters. The minimum Gasteiger partial charge on any atom is -0.492 e. The first kappa shape index (κ1) is 16.6. The summed E-state index contributed by atoms with van der Waals surface area (Å²) in [7, 11) is -2.98.